The highest BCUT2D eigenvalue weighted by atomic mass is 35.5. The highest BCUT2D eigenvalue weighted by Crippen LogP contribution is 1.86. The van der Waals surface area contributed by atoms with Crippen molar-refractivity contribution in [1.82, 2.24) is 20.1 Å². The predicted molar refractivity (Wildman–Crippen MR) is 52.6 cm³/mol. The van der Waals surface area contributed by atoms with Gasteiger partial charge in [-0.15, -0.1) is 11.6 Å². The minimum atomic E-state index is 0.559. The molecule has 1 aromatic rings. The van der Waals surface area contributed by atoms with Crippen LogP contribution in [-0.2, 0) is 13.6 Å². The fraction of sp³-hybridized carbons (Fsp3) is 0.500. The van der Waals surface area contributed by atoms with E-state index in [1.807, 2.05) is 19.2 Å². The molecule has 0 aliphatic heterocycles. The van der Waals surface area contributed by atoms with Gasteiger partial charge in [0.25, 0.3) is 0 Å². The number of rotatable bonds is 5. The Labute approximate surface area is 82.6 Å². The van der Waals surface area contributed by atoms with Crippen LogP contribution in [0.4, 0.5) is 0 Å². The first-order valence-electron chi connectivity index (χ1n) is 4.09. The van der Waals surface area contributed by atoms with Crippen molar-refractivity contribution in [2.45, 2.75) is 6.54 Å². The zero-order chi connectivity index (χ0) is 9.52. The average Bonchev–Trinajstić information content (AvgIpc) is 2.51. The van der Waals surface area contributed by atoms with Crippen LogP contribution in [0, 0.1) is 0 Å². The number of aromatic nitrogens is 3. The highest BCUT2D eigenvalue weighted by Gasteiger charge is 1.95. The summed E-state index contributed by atoms with van der Waals surface area (Å²) in [6, 6.07) is 0. The van der Waals surface area contributed by atoms with E-state index in [0.717, 1.165) is 12.4 Å². The van der Waals surface area contributed by atoms with Crippen molar-refractivity contribution in [1.29, 1.82) is 0 Å². The molecule has 0 aromatic carbocycles. The van der Waals surface area contributed by atoms with Gasteiger partial charge in [-0.05, 0) is 0 Å². The lowest BCUT2D eigenvalue weighted by molar-refractivity contribution is 0.687. The van der Waals surface area contributed by atoms with Gasteiger partial charge in [0, 0.05) is 19.5 Å². The van der Waals surface area contributed by atoms with Crippen molar-refractivity contribution in [3.63, 3.8) is 0 Å². The van der Waals surface area contributed by atoms with Crippen molar-refractivity contribution in [2.75, 3.05) is 12.4 Å². The Kier molecular flexibility index (Phi) is 4.49. The summed E-state index contributed by atoms with van der Waals surface area (Å²) in [5.41, 5.74) is 0. The van der Waals surface area contributed by atoms with Crippen LogP contribution in [0.5, 0.6) is 0 Å². The molecule has 0 unspecified atom stereocenters. The van der Waals surface area contributed by atoms with E-state index in [-0.39, 0.29) is 0 Å². The molecule has 0 spiro atoms. The van der Waals surface area contributed by atoms with Crippen LogP contribution in [0.1, 0.15) is 5.82 Å². The highest BCUT2D eigenvalue weighted by molar-refractivity contribution is 6.18. The Morgan fingerprint density at radius 1 is 1.62 bits per heavy atom. The third kappa shape index (κ3) is 4.05. The molecule has 13 heavy (non-hydrogen) atoms. The Hall–Kier alpha value is -0.870. The Morgan fingerprint density at radius 2 is 2.46 bits per heavy atom. The number of hydrogen-bond donors (Lipinski definition) is 1. The van der Waals surface area contributed by atoms with E-state index in [1.54, 1.807) is 11.0 Å². The molecular formula is C8H13ClN4. The third-order valence-electron chi connectivity index (χ3n) is 1.45. The molecule has 5 heteroatoms. The topological polar surface area (TPSA) is 42.7 Å². The summed E-state index contributed by atoms with van der Waals surface area (Å²) in [4.78, 5) is 4.07. The van der Waals surface area contributed by atoms with Gasteiger partial charge in [-0.1, -0.05) is 12.2 Å². The monoisotopic (exact) mass is 200 g/mol. The molecule has 4 nitrogen and oxygen atoms in total. The van der Waals surface area contributed by atoms with Gasteiger partial charge in [-0.2, -0.15) is 5.10 Å². The van der Waals surface area contributed by atoms with Gasteiger partial charge in [0.15, 0.2) is 5.82 Å². The van der Waals surface area contributed by atoms with E-state index in [1.165, 1.54) is 0 Å². The van der Waals surface area contributed by atoms with E-state index >= 15 is 0 Å². The summed E-state index contributed by atoms with van der Waals surface area (Å²) >= 11 is 5.46. The van der Waals surface area contributed by atoms with Crippen LogP contribution >= 0.6 is 11.6 Å². The lowest BCUT2D eigenvalue weighted by atomic mass is 10.5. The Balaban J connectivity index is 2.16. The molecule has 0 fully saturated rings. The van der Waals surface area contributed by atoms with Crippen LogP contribution in [0.25, 0.3) is 0 Å². The first-order chi connectivity index (χ1) is 6.33. The normalized spacial score (nSPS) is 11.2. The fourth-order valence-electron chi connectivity index (χ4n) is 0.879. The number of nitrogens with zero attached hydrogens (tertiary/aromatic N) is 3. The smallest absolute Gasteiger partial charge is 0.164 e. The van der Waals surface area contributed by atoms with Crippen LogP contribution in [0.15, 0.2) is 18.5 Å². The summed E-state index contributed by atoms with van der Waals surface area (Å²) in [7, 11) is 1.85. The molecule has 0 bridgehead atoms. The molecule has 1 heterocycles. The maximum Gasteiger partial charge on any atom is 0.164 e. The van der Waals surface area contributed by atoms with Gasteiger partial charge >= 0.3 is 0 Å². The maximum atomic E-state index is 5.46. The zero-order valence-corrected chi connectivity index (χ0v) is 8.33. The van der Waals surface area contributed by atoms with Gasteiger partial charge in [0.1, 0.15) is 6.33 Å². The molecule has 0 radical (unpaired) electrons. The second kappa shape index (κ2) is 5.72. The largest absolute Gasteiger partial charge is 0.306 e. The van der Waals surface area contributed by atoms with Crippen molar-refractivity contribution in [2.24, 2.45) is 7.05 Å². The number of aryl methyl sites for hydroxylation is 1. The molecule has 1 N–H and O–H groups in total. The number of halogens is 1. The molecule has 0 saturated heterocycles. The average molecular weight is 201 g/mol. The first-order valence-corrected chi connectivity index (χ1v) is 4.62. The summed E-state index contributed by atoms with van der Waals surface area (Å²) in [5, 5.41) is 7.29. The molecule has 0 atom stereocenters. The molecule has 1 rings (SSSR count). The zero-order valence-electron chi connectivity index (χ0n) is 7.57. The Morgan fingerprint density at radius 3 is 3.08 bits per heavy atom. The van der Waals surface area contributed by atoms with Crippen LogP contribution in [0.2, 0.25) is 0 Å². The van der Waals surface area contributed by atoms with Gasteiger partial charge in [0.05, 0.1) is 6.54 Å². The molecule has 0 aliphatic carbocycles. The fourth-order valence-corrected chi connectivity index (χ4v) is 1.00. The van der Waals surface area contributed by atoms with Gasteiger partial charge in [-0.25, -0.2) is 4.98 Å². The number of nitrogens with one attached hydrogen (secondary N) is 1. The lowest BCUT2D eigenvalue weighted by Crippen LogP contribution is -2.14. The van der Waals surface area contributed by atoms with E-state index < -0.39 is 0 Å². The molecule has 72 valence electrons. The van der Waals surface area contributed by atoms with E-state index in [0.29, 0.717) is 12.4 Å². The van der Waals surface area contributed by atoms with Gasteiger partial charge < -0.3 is 5.32 Å². The minimum Gasteiger partial charge on any atom is -0.306 e. The van der Waals surface area contributed by atoms with Crippen LogP contribution < -0.4 is 5.32 Å². The van der Waals surface area contributed by atoms with Crippen LogP contribution in [-0.4, -0.2) is 27.2 Å². The summed E-state index contributed by atoms with van der Waals surface area (Å²) in [6.07, 6.45) is 5.57. The van der Waals surface area contributed by atoms with Gasteiger partial charge in [-0.3, -0.25) is 4.68 Å². The third-order valence-corrected chi connectivity index (χ3v) is 1.63. The Bertz CT molecular complexity index is 269. The molecule has 1 aromatic heterocycles. The minimum absolute atomic E-state index is 0.559. The van der Waals surface area contributed by atoms with E-state index in [9.17, 15) is 0 Å². The molecular weight excluding hydrogens is 188 g/mol. The standard InChI is InChI=1S/C8H13ClN4/c1-13-7-11-8(12-13)6-10-5-3-2-4-9/h2-3,7,10H,4-6H2,1H3/b3-2+. The molecule has 0 aliphatic rings. The van der Waals surface area contributed by atoms with Gasteiger partial charge in [0.2, 0.25) is 0 Å². The summed E-state index contributed by atoms with van der Waals surface area (Å²) in [5.74, 6) is 1.37. The molecule has 0 saturated carbocycles. The second-order valence-electron chi connectivity index (χ2n) is 2.59. The number of hydrogen-bond acceptors (Lipinski definition) is 3. The molecule has 0 amide bonds. The quantitative estimate of drug-likeness (QED) is 0.432. The maximum absolute atomic E-state index is 5.46. The number of allylic oxidation sites excluding steroid dienone is 1. The lowest BCUT2D eigenvalue weighted by Gasteiger charge is -1.95. The first kappa shape index (κ1) is 10.2. The SMILES string of the molecule is Cn1cnc(CNC/C=C/CCl)n1. The summed E-state index contributed by atoms with van der Waals surface area (Å²) in [6.45, 7) is 1.48. The van der Waals surface area contributed by atoms with Crippen molar-refractivity contribution in [3.8, 4) is 0 Å². The van der Waals surface area contributed by atoms with Crippen molar-refractivity contribution >= 4 is 11.6 Å². The van der Waals surface area contributed by atoms with Crippen molar-refractivity contribution in [3.05, 3.63) is 24.3 Å². The van der Waals surface area contributed by atoms with Crippen LogP contribution in [0.3, 0.4) is 0 Å². The summed E-state index contributed by atoms with van der Waals surface area (Å²) < 4.78 is 1.69. The van der Waals surface area contributed by atoms with E-state index in [4.69, 9.17) is 11.6 Å². The predicted octanol–water partition coefficient (Wildman–Crippen LogP) is 0.700. The van der Waals surface area contributed by atoms with Crippen molar-refractivity contribution < 1.29 is 0 Å². The number of alkyl halides is 1. The van der Waals surface area contributed by atoms with E-state index in [2.05, 4.69) is 15.4 Å². The second-order valence-corrected chi connectivity index (χ2v) is 2.90.